The Bertz CT molecular complexity index is 920. The minimum Gasteiger partial charge on any atom is -0.493 e. The van der Waals surface area contributed by atoms with E-state index in [9.17, 15) is 0 Å². The summed E-state index contributed by atoms with van der Waals surface area (Å²) >= 11 is 0. The van der Waals surface area contributed by atoms with E-state index in [0.717, 1.165) is 65.5 Å². The van der Waals surface area contributed by atoms with Crippen LogP contribution in [0.1, 0.15) is 53.7 Å². The topological polar surface area (TPSA) is 83.4 Å². The third kappa shape index (κ3) is 4.25. The molecule has 0 radical (unpaired) electrons. The van der Waals surface area contributed by atoms with Gasteiger partial charge < -0.3 is 18.5 Å². The highest BCUT2D eigenvalue weighted by Crippen LogP contribution is 2.40. The Kier molecular flexibility index (Phi) is 5.43. The zero-order valence-corrected chi connectivity index (χ0v) is 16.5. The van der Waals surface area contributed by atoms with Crippen LogP contribution in [-0.4, -0.2) is 29.0 Å². The van der Waals surface area contributed by atoms with Gasteiger partial charge in [-0.05, 0) is 56.4 Å². The molecule has 4 rings (SSSR count). The third-order valence-electron chi connectivity index (χ3n) is 4.80. The number of hydrogen-bond donors (Lipinski definition) is 0. The molecule has 0 atom stereocenters. The smallest absolute Gasteiger partial charge is 0.230 e. The SMILES string of the molecule is COCc1cc(CCCOc2c(C)cc(-c3noc(C4CC4)n3)cc2C)on1. The predicted octanol–water partition coefficient (Wildman–Crippen LogP) is 4.38. The zero-order valence-electron chi connectivity index (χ0n) is 16.5. The van der Waals surface area contributed by atoms with Gasteiger partial charge in [0.25, 0.3) is 0 Å². The lowest BCUT2D eigenvalue weighted by Crippen LogP contribution is -2.02. The standard InChI is InChI=1S/C21H25N3O4/c1-13-9-16(20-22-21(28-24-20)15-6-7-15)10-14(2)19(13)26-8-4-5-18-11-17(12-25-3)23-27-18/h9-11,15H,4-8,12H2,1-3H3. The molecule has 1 aliphatic carbocycles. The van der Waals surface area contributed by atoms with E-state index in [1.165, 1.54) is 0 Å². The van der Waals surface area contributed by atoms with Crippen LogP contribution in [0.5, 0.6) is 5.75 Å². The molecule has 1 aromatic carbocycles. The van der Waals surface area contributed by atoms with E-state index in [-0.39, 0.29) is 0 Å². The van der Waals surface area contributed by atoms with E-state index in [1.807, 2.05) is 19.9 Å². The summed E-state index contributed by atoms with van der Waals surface area (Å²) in [6.45, 7) is 5.16. The van der Waals surface area contributed by atoms with Crippen molar-refractivity contribution in [2.75, 3.05) is 13.7 Å². The Balaban J connectivity index is 1.35. The second kappa shape index (κ2) is 8.14. The first-order valence-corrected chi connectivity index (χ1v) is 9.65. The van der Waals surface area contributed by atoms with E-state index in [0.29, 0.717) is 25.0 Å². The third-order valence-corrected chi connectivity index (χ3v) is 4.80. The van der Waals surface area contributed by atoms with Crippen molar-refractivity contribution < 1.29 is 18.5 Å². The Hall–Kier alpha value is -2.67. The Morgan fingerprint density at radius 1 is 1.07 bits per heavy atom. The molecule has 2 aromatic heterocycles. The fourth-order valence-corrected chi connectivity index (χ4v) is 3.27. The van der Waals surface area contributed by atoms with Gasteiger partial charge in [-0.2, -0.15) is 4.98 Å². The van der Waals surface area contributed by atoms with Gasteiger partial charge in [-0.1, -0.05) is 10.3 Å². The monoisotopic (exact) mass is 383 g/mol. The number of nitrogens with zero attached hydrogens (tertiary/aromatic N) is 3. The van der Waals surface area contributed by atoms with Crippen LogP contribution in [0.15, 0.2) is 27.2 Å². The molecule has 1 fully saturated rings. The minimum absolute atomic E-state index is 0.459. The number of methoxy groups -OCH3 is 1. The van der Waals surface area contributed by atoms with Crippen LogP contribution in [0.3, 0.4) is 0 Å². The van der Waals surface area contributed by atoms with Crippen LogP contribution < -0.4 is 4.74 Å². The number of benzene rings is 1. The number of aromatic nitrogens is 3. The molecular weight excluding hydrogens is 358 g/mol. The van der Waals surface area contributed by atoms with Gasteiger partial charge in [0.2, 0.25) is 11.7 Å². The Morgan fingerprint density at radius 2 is 1.86 bits per heavy atom. The molecule has 0 bridgehead atoms. The Labute approximate surface area is 164 Å². The largest absolute Gasteiger partial charge is 0.493 e. The maximum absolute atomic E-state index is 6.04. The van der Waals surface area contributed by atoms with Crippen molar-refractivity contribution in [1.82, 2.24) is 15.3 Å². The van der Waals surface area contributed by atoms with Crippen molar-refractivity contribution in [3.05, 3.63) is 46.7 Å². The van der Waals surface area contributed by atoms with Crippen molar-refractivity contribution in [2.45, 2.75) is 52.1 Å². The van der Waals surface area contributed by atoms with Crippen LogP contribution in [0.2, 0.25) is 0 Å². The van der Waals surface area contributed by atoms with Gasteiger partial charge in [0.1, 0.15) is 17.2 Å². The maximum Gasteiger partial charge on any atom is 0.230 e. The highest BCUT2D eigenvalue weighted by Gasteiger charge is 2.29. The zero-order chi connectivity index (χ0) is 19.5. The second-order valence-electron chi connectivity index (χ2n) is 7.34. The highest BCUT2D eigenvalue weighted by molar-refractivity contribution is 5.61. The summed E-state index contributed by atoms with van der Waals surface area (Å²) in [6.07, 6.45) is 3.92. The van der Waals surface area contributed by atoms with E-state index < -0.39 is 0 Å². The molecule has 3 aromatic rings. The number of rotatable bonds is 9. The van der Waals surface area contributed by atoms with Crippen molar-refractivity contribution in [1.29, 1.82) is 0 Å². The van der Waals surface area contributed by atoms with Gasteiger partial charge >= 0.3 is 0 Å². The van der Waals surface area contributed by atoms with Crippen LogP contribution in [0.4, 0.5) is 0 Å². The van der Waals surface area contributed by atoms with Gasteiger partial charge in [-0.15, -0.1) is 0 Å². The lowest BCUT2D eigenvalue weighted by atomic mass is 10.1. The van der Waals surface area contributed by atoms with Crippen molar-refractivity contribution in [3.8, 4) is 17.1 Å². The summed E-state index contributed by atoms with van der Waals surface area (Å²) < 4.78 is 21.8. The van der Waals surface area contributed by atoms with Crippen LogP contribution in [0, 0.1) is 13.8 Å². The van der Waals surface area contributed by atoms with E-state index >= 15 is 0 Å². The first kappa shape index (κ1) is 18.7. The normalized spacial score (nSPS) is 13.8. The van der Waals surface area contributed by atoms with Crippen molar-refractivity contribution >= 4 is 0 Å². The quantitative estimate of drug-likeness (QED) is 0.507. The molecule has 0 aliphatic heterocycles. The fraction of sp³-hybridized carbons (Fsp3) is 0.476. The number of ether oxygens (including phenoxy) is 2. The molecule has 0 amide bonds. The number of aryl methyl sites for hydroxylation is 3. The average Bonchev–Trinajstić information content (AvgIpc) is 3.23. The highest BCUT2D eigenvalue weighted by atomic mass is 16.5. The van der Waals surface area contributed by atoms with E-state index in [4.69, 9.17) is 18.5 Å². The predicted molar refractivity (Wildman–Crippen MR) is 102 cm³/mol. The summed E-state index contributed by atoms with van der Waals surface area (Å²) in [5.41, 5.74) is 3.90. The molecule has 0 N–H and O–H groups in total. The van der Waals surface area contributed by atoms with Crippen LogP contribution in [-0.2, 0) is 17.8 Å². The summed E-state index contributed by atoms with van der Waals surface area (Å²) in [6, 6.07) is 6.03. The van der Waals surface area contributed by atoms with E-state index in [2.05, 4.69) is 27.4 Å². The molecule has 1 saturated carbocycles. The lowest BCUT2D eigenvalue weighted by molar-refractivity contribution is 0.177. The van der Waals surface area contributed by atoms with Gasteiger partial charge in [0.05, 0.1) is 13.2 Å². The molecule has 7 nitrogen and oxygen atoms in total. The second-order valence-corrected chi connectivity index (χ2v) is 7.34. The lowest BCUT2D eigenvalue weighted by Gasteiger charge is -2.13. The fourth-order valence-electron chi connectivity index (χ4n) is 3.27. The average molecular weight is 383 g/mol. The molecule has 28 heavy (non-hydrogen) atoms. The summed E-state index contributed by atoms with van der Waals surface area (Å²) in [7, 11) is 1.64. The first-order valence-electron chi connectivity index (χ1n) is 9.65. The maximum atomic E-state index is 6.04. The number of hydrogen-bond acceptors (Lipinski definition) is 7. The molecule has 148 valence electrons. The molecule has 7 heteroatoms. The molecule has 0 spiro atoms. The van der Waals surface area contributed by atoms with Crippen molar-refractivity contribution in [3.63, 3.8) is 0 Å². The van der Waals surface area contributed by atoms with Gasteiger partial charge in [0, 0.05) is 31.1 Å². The summed E-state index contributed by atoms with van der Waals surface area (Å²) in [4.78, 5) is 4.53. The van der Waals surface area contributed by atoms with Crippen LogP contribution in [0.25, 0.3) is 11.4 Å². The van der Waals surface area contributed by atoms with Gasteiger partial charge in [-0.3, -0.25) is 0 Å². The summed E-state index contributed by atoms with van der Waals surface area (Å²) in [5, 5.41) is 8.10. The Morgan fingerprint density at radius 3 is 2.57 bits per heavy atom. The van der Waals surface area contributed by atoms with Gasteiger partial charge in [-0.25, -0.2) is 0 Å². The van der Waals surface area contributed by atoms with Crippen LogP contribution >= 0.6 is 0 Å². The molecule has 0 saturated heterocycles. The molecular formula is C21H25N3O4. The first-order chi connectivity index (χ1) is 13.6. The molecule has 0 unspecified atom stereocenters. The van der Waals surface area contributed by atoms with E-state index in [1.54, 1.807) is 7.11 Å². The minimum atomic E-state index is 0.459. The molecule has 1 aliphatic rings. The van der Waals surface area contributed by atoms with Crippen molar-refractivity contribution in [2.24, 2.45) is 0 Å². The molecule has 2 heterocycles. The summed E-state index contributed by atoms with van der Waals surface area (Å²) in [5.74, 6) is 3.62. The van der Waals surface area contributed by atoms with Gasteiger partial charge in [0.15, 0.2) is 0 Å².